The quantitative estimate of drug-likeness (QED) is 0.746. The minimum atomic E-state index is 0.639. The molecular weight excluding hydrogens is 275 g/mol. The number of benzene rings is 1. The van der Waals surface area contributed by atoms with E-state index in [2.05, 4.69) is 22.5 Å². The molecule has 15 heavy (non-hydrogen) atoms. The summed E-state index contributed by atoms with van der Waals surface area (Å²) < 4.78 is 6.54. The van der Waals surface area contributed by atoms with E-state index in [1.165, 1.54) is 5.57 Å². The third-order valence-corrected chi connectivity index (χ3v) is 3.76. The lowest BCUT2D eigenvalue weighted by Gasteiger charge is -2.28. The Morgan fingerprint density at radius 2 is 2.20 bits per heavy atom. The van der Waals surface area contributed by atoms with Crippen molar-refractivity contribution in [2.75, 3.05) is 6.61 Å². The highest BCUT2D eigenvalue weighted by atomic mass is 79.9. The number of hydrogen-bond acceptors (Lipinski definition) is 1. The Morgan fingerprint density at radius 3 is 2.80 bits per heavy atom. The highest BCUT2D eigenvalue weighted by Crippen LogP contribution is 2.32. The van der Waals surface area contributed by atoms with Crippen LogP contribution in [0.2, 0.25) is 5.02 Å². The van der Waals surface area contributed by atoms with Gasteiger partial charge in [-0.25, -0.2) is 0 Å². The van der Waals surface area contributed by atoms with Crippen molar-refractivity contribution in [3.8, 4) is 5.75 Å². The predicted molar refractivity (Wildman–Crippen MR) is 66.5 cm³/mol. The van der Waals surface area contributed by atoms with E-state index in [0.717, 1.165) is 29.7 Å². The number of hydrogen-bond donors (Lipinski definition) is 0. The van der Waals surface area contributed by atoms with Gasteiger partial charge in [-0.3, -0.25) is 0 Å². The van der Waals surface area contributed by atoms with Crippen LogP contribution in [0.15, 0.2) is 34.8 Å². The van der Waals surface area contributed by atoms with Crippen LogP contribution < -0.4 is 4.74 Å². The van der Waals surface area contributed by atoms with E-state index in [-0.39, 0.29) is 0 Å². The lowest BCUT2D eigenvalue weighted by Crippen LogP contribution is -2.21. The SMILES string of the molecule is C=C1CC(COc2ccc(Br)c(Cl)c2)C1. The van der Waals surface area contributed by atoms with Crippen LogP contribution in [0.1, 0.15) is 12.8 Å². The number of rotatable bonds is 3. The van der Waals surface area contributed by atoms with E-state index >= 15 is 0 Å². The van der Waals surface area contributed by atoms with Crippen LogP contribution in [-0.4, -0.2) is 6.61 Å². The molecule has 1 aliphatic rings. The van der Waals surface area contributed by atoms with Gasteiger partial charge in [0.2, 0.25) is 0 Å². The van der Waals surface area contributed by atoms with E-state index in [1.807, 2.05) is 18.2 Å². The first-order valence-electron chi connectivity index (χ1n) is 4.89. The second-order valence-electron chi connectivity index (χ2n) is 3.91. The molecule has 80 valence electrons. The van der Waals surface area contributed by atoms with Gasteiger partial charge < -0.3 is 4.74 Å². The van der Waals surface area contributed by atoms with Crippen LogP contribution in [0.5, 0.6) is 5.75 Å². The summed E-state index contributed by atoms with van der Waals surface area (Å²) in [5, 5.41) is 0.686. The molecule has 1 aromatic rings. The van der Waals surface area contributed by atoms with Crippen molar-refractivity contribution in [3.05, 3.63) is 39.8 Å². The molecule has 0 aliphatic heterocycles. The Labute approximate surface area is 103 Å². The largest absolute Gasteiger partial charge is 0.493 e. The van der Waals surface area contributed by atoms with Crippen LogP contribution in [0.4, 0.5) is 0 Å². The van der Waals surface area contributed by atoms with Gasteiger partial charge in [-0.1, -0.05) is 23.8 Å². The predicted octanol–water partition coefficient (Wildman–Crippen LogP) is 4.45. The summed E-state index contributed by atoms with van der Waals surface area (Å²) in [5.74, 6) is 1.47. The van der Waals surface area contributed by atoms with E-state index in [1.54, 1.807) is 0 Å². The summed E-state index contributed by atoms with van der Waals surface area (Å²) in [6.07, 6.45) is 2.20. The van der Waals surface area contributed by atoms with Gasteiger partial charge in [-0.05, 0) is 47.0 Å². The van der Waals surface area contributed by atoms with E-state index < -0.39 is 0 Å². The van der Waals surface area contributed by atoms with Crippen LogP contribution in [0.3, 0.4) is 0 Å². The molecule has 2 rings (SSSR count). The minimum absolute atomic E-state index is 0.639. The molecule has 0 atom stereocenters. The average Bonchev–Trinajstić information content (AvgIpc) is 2.16. The maximum atomic E-state index is 5.96. The first kappa shape index (κ1) is 11.0. The summed E-state index contributed by atoms with van der Waals surface area (Å²) in [4.78, 5) is 0. The van der Waals surface area contributed by atoms with Crippen molar-refractivity contribution in [1.82, 2.24) is 0 Å². The van der Waals surface area contributed by atoms with Gasteiger partial charge in [-0.2, -0.15) is 0 Å². The van der Waals surface area contributed by atoms with Crippen molar-refractivity contribution < 1.29 is 4.74 Å². The summed E-state index contributed by atoms with van der Waals surface area (Å²) >= 11 is 9.30. The Hall–Kier alpha value is -0.470. The summed E-state index contributed by atoms with van der Waals surface area (Å²) in [6.45, 7) is 4.67. The average molecular weight is 288 g/mol. The molecule has 0 unspecified atom stereocenters. The molecule has 1 nitrogen and oxygen atoms in total. The highest BCUT2D eigenvalue weighted by Gasteiger charge is 2.21. The van der Waals surface area contributed by atoms with Gasteiger partial charge in [0.05, 0.1) is 11.6 Å². The number of allylic oxidation sites excluding steroid dienone is 1. The fourth-order valence-electron chi connectivity index (χ4n) is 1.66. The van der Waals surface area contributed by atoms with Crippen LogP contribution >= 0.6 is 27.5 Å². The Balaban J connectivity index is 1.88. The van der Waals surface area contributed by atoms with Gasteiger partial charge in [-0.15, -0.1) is 0 Å². The first-order valence-corrected chi connectivity index (χ1v) is 6.07. The van der Waals surface area contributed by atoms with E-state index in [0.29, 0.717) is 10.9 Å². The van der Waals surface area contributed by atoms with Crippen molar-refractivity contribution in [2.45, 2.75) is 12.8 Å². The molecule has 0 spiro atoms. The lowest BCUT2D eigenvalue weighted by atomic mass is 9.82. The topological polar surface area (TPSA) is 9.23 Å². The number of ether oxygens (including phenoxy) is 1. The van der Waals surface area contributed by atoms with Gasteiger partial charge >= 0.3 is 0 Å². The molecule has 0 bridgehead atoms. The molecular formula is C12H12BrClO. The molecule has 0 aromatic heterocycles. The normalized spacial score (nSPS) is 16.3. The second-order valence-corrected chi connectivity index (χ2v) is 5.17. The van der Waals surface area contributed by atoms with E-state index in [9.17, 15) is 0 Å². The molecule has 0 saturated heterocycles. The fraction of sp³-hybridized carbons (Fsp3) is 0.333. The van der Waals surface area contributed by atoms with Gasteiger partial charge in [0.1, 0.15) is 5.75 Å². The summed E-state index contributed by atoms with van der Waals surface area (Å²) in [5.41, 5.74) is 1.33. The van der Waals surface area contributed by atoms with Gasteiger partial charge in [0.25, 0.3) is 0 Å². The van der Waals surface area contributed by atoms with Crippen LogP contribution in [-0.2, 0) is 0 Å². The first-order chi connectivity index (χ1) is 7.15. The summed E-state index contributed by atoms with van der Waals surface area (Å²) in [7, 11) is 0. The lowest BCUT2D eigenvalue weighted by molar-refractivity contribution is 0.218. The molecule has 0 N–H and O–H groups in total. The molecule has 1 fully saturated rings. The molecule has 1 aromatic carbocycles. The molecule has 0 radical (unpaired) electrons. The molecule has 0 amide bonds. The Morgan fingerprint density at radius 1 is 1.47 bits per heavy atom. The van der Waals surface area contributed by atoms with Crippen LogP contribution in [0.25, 0.3) is 0 Å². The molecule has 0 heterocycles. The highest BCUT2D eigenvalue weighted by molar-refractivity contribution is 9.10. The molecule has 3 heteroatoms. The zero-order chi connectivity index (χ0) is 10.8. The third kappa shape index (κ3) is 2.76. The van der Waals surface area contributed by atoms with Crippen molar-refractivity contribution in [3.63, 3.8) is 0 Å². The zero-order valence-electron chi connectivity index (χ0n) is 8.30. The third-order valence-electron chi connectivity index (χ3n) is 2.53. The smallest absolute Gasteiger partial charge is 0.120 e. The maximum Gasteiger partial charge on any atom is 0.120 e. The van der Waals surface area contributed by atoms with Crippen molar-refractivity contribution in [1.29, 1.82) is 0 Å². The Kier molecular flexibility index (Phi) is 3.37. The number of halogens is 2. The van der Waals surface area contributed by atoms with Gasteiger partial charge in [0.15, 0.2) is 0 Å². The second kappa shape index (κ2) is 4.58. The monoisotopic (exact) mass is 286 g/mol. The molecule has 1 saturated carbocycles. The van der Waals surface area contributed by atoms with Crippen LogP contribution in [0, 0.1) is 5.92 Å². The summed E-state index contributed by atoms with van der Waals surface area (Å²) in [6, 6.07) is 5.65. The van der Waals surface area contributed by atoms with Crippen molar-refractivity contribution in [2.24, 2.45) is 5.92 Å². The standard InChI is InChI=1S/C12H12BrClO/c1-8-4-9(5-8)7-15-10-2-3-11(13)12(14)6-10/h2-3,6,9H,1,4-5,7H2. The Bertz CT molecular complexity index is 381. The maximum absolute atomic E-state index is 5.96. The zero-order valence-corrected chi connectivity index (χ0v) is 10.6. The van der Waals surface area contributed by atoms with Gasteiger partial charge in [0, 0.05) is 10.4 Å². The molecule has 1 aliphatic carbocycles. The fourth-order valence-corrected chi connectivity index (χ4v) is 2.07. The van der Waals surface area contributed by atoms with Crippen molar-refractivity contribution >= 4 is 27.5 Å². The minimum Gasteiger partial charge on any atom is -0.493 e. The van der Waals surface area contributed by atoms with E-state index in [4.69, 9.17) is 16.3 Å².